The molecule has 0 saturated heterocycles. The van der Waals surface area contributed by atoms with E-state index in [1.54, 1.807) is 35.9 Å². The molecule has 0 spiro atoms. The Hall–Kier alpha value is -4.54. The molecule has 0 aliphatic rings. The molecule has 36 heavy (non-hydrogen) atoms. The summed E-state index contributed by atoms with van der Waals surface area (Å²) in [5.41, 5.74) is 0.465. The van der Waals surface area contributed by atoms with E-state index >= 15 is 0 Å². The number of hydrogen-bond donors (Lipinski definition) is 1. The fraction of sp³-hybridized carbons (Fsp3) is 0.160. The highest BCUT2D eigenvalue weighted by Gasteiger charge is 2.32. The number of carbonyl (C=O) groups excluding carboxylic acids is 2. The summed E-state index contributed by atoms with van der Waals surface area (Å²) in [6.07, 6.45) is -3.21. The minimum atomic E-state index is -4.56. The van der Waals surface area contributed by atoms with E-state index in [-0.39, 0.29) is 17.2 Å². The summed E-state index contributed by atoms with van der Waals surface area (Å²) in [5.74, 6) is -0.613. The van der Waals surface area contributed by atoms with Gasteiger partial charge in [0.05, 0.1) is 42.7 Å². The number of aromatic nitrogens is 2. The van der Waals surface area contributed by atoms with E-state index in [9.17, 15) is 22.8 Å². The summed E-state index contributed by atoms with van der Waals surface area (Å²) in [6.45, 7) is 0. The summed E-state index contributed by atoms with van der Waals surface area (Å²) in [5, 5.41) is 3.40. The van der Waals surface area contributed by atoms with Crippen LogP contribution >= 0.6 is 0 Å². The van der Waals surface area contributed by atoms with Crippen LogP contribution in [0.25, 0.3) is 10.9 Å². The van der Waals surface area contributed by atoms with Crippen LogP contribution < -0.4 is 14.8 Å². The maximum Gasteiger partial charge on any atom is 0.416 e. The molecule has 1 N–H and O–H groups in total. The Bertz CT molecular complexity index is 1450. The van der Waals surface area contributed by atoms with Gasteiger partial charge < -0.3 is 24.1 Å². The Morgan fingerprint density at radius 2 is 1.78 bits per heavy atom. The quantitative estimate of drug-likeness (QED) is 0.356. The average molecular weight is 499 g/mol. The number of amides is 1. The molecule has 4 rings (SSSR count). The number of hydrogen-bond acceptors (Lipinski definition) is 6. The molecule has 0 atom stereocenters. The monoisotopic (exact) mass is 499 g/mol. The van der Waals surface area contributed by atoms with Crippen molar-refractivity contribution in [2.45, 2.75) is 6.18 Å². The maximum absolute atomic E-state index is 12.9. The Kier molecular flexibility index (Phi) is 6.56. The molecule has 0 bridgehead atoms. The number of esters is 1. The van der Waals surface area contributed by atoms with E-state index in [1.807, 2.05) is 0 Å². The highest BCUT2D eigenvalue weighted by molar-refractivity contribution is 6.06. The zero-order chi connectivity index (χ0) is 26.0. The molecular formula is C25H20F3N3O5. The third-order valence-corrected chi connectivity index (χ3v) is 5.40. The molecule has 8 nitrogen and oxygen atoms in total. The van der Waals surface area contributed by atoms with Gasteiger partial charge in [0, 0.05) is 24.6 Å². The van der Waals surface area contributed by atoms with E-state index in [2.05, 4.69) is 10.3 Å². The fourth-order valence-electron chi connectivity index (χ4n) is 3.56. The number of methoxy groups -OCH3 is 2. The van der Waals surface area contributed by atoms with Crippen LogP contribution in [0, 0.1) is 0 Å². The third kappa shape index (κ3) is 4.95. The van der Waals surface area contributed by atoms with Gasteiger partial charge in [-0.05, 0) is 42.5 Å². The van der Waals surface area contributed by atoms with Gasteiger partial charge in [-0.1, -0.05) is 0 Å². The lowest BCUT2D eigenvalue weighted by Gasteiger charge is -2.13. The molecule has 0 unspecified atom stereocenters. The van der Waals surface area contributed by atoms with Crippen molar-refractivity contribution in [1.29, 1.82) is 0 Å². The van der Waals surface area contributed by atoms with Crippen molar-refractivity contribution in [3.8, 4) is 17.4 Å². The summed E-state index contributed by atoms with van der Waals surface area (Å²) in [4.78, 5) is 28.7. The molecule has 0 radical (unpaired) electrons. The predicted molar refractivity (Wildman–Crippen MR) is 125 cm³/mol. The van der Waals surface area contributed by atoms with Gasteiger partial charge in [0.2, 0.25) is 5.88 Å². The predicted octanol–water partition coefficient (Wildman–Crippen LogP) is 5.43. The van der Waals surface area contributed by atoms with Gasteiger partial charge >= 0.3 is 12.1 Å². The van der Waals surface area contributed by atoms with Crippen molar-refractivity contribution >= 4 is 28.5 Å². The van der Waals surface area contributed by atoms with Crippen molar-refractivity contribution in [2.75, 3.05) is 19.5 Å². The smallest absolute Gasteiger partial charge is 0.416 e. The number of anilines is 1. The second kappa shape index (κ2) is 9.61. The zero-order valence-electron chi connectivity index (χ0n) is 19.3. The molecule has 186 valence electrons. The first-order chi connectivity index (χ1) is 17.1. The number of fused-ring (bicyclic) bond motifs is 1. The number of carbonyl (C=O) groups is 2. The highest BCUT2D eigenvalue weighted by atomic mass is 19.4. The van der Waals surface area contributed by atoms with Crippen molar-refractivity contribution in [2.24, 2.45) is 7.05 Å². The minimum absolute atomic E-state index is 0.0620. The Labute approximate surface area is 203 Å². The van der Waals surface area contributed by atoms with Crippen LogP contribution in [0.15, 0.2) is 60.8 Å². The Balaban J connectivity index is 1.48. The van der Waals surface area contributed by atoms with Crippen molar-refractivity contribution in [1.82, 2.24) is 9.55 Å². The molecule has 2 aromatic carbocycles. The van der Waals surface area contributed by atoms with E-state index in [0.29, 0.717) is 17.1 Å². The normalized spacial score (nSPS) is 11.3. The molecule has 0 fully saturated rings. The van der Waals surface area contributed by atoms with Crippen LogP contribution in [0.5, 0.6) is 17.4 Å². The summed E-state index contributed by atoms with van der Waals surface area (Å²) < 4.78 is 56.0. The number of alkyl halides is 3. The van der Waals surface area contributed by atoms with Crippen LogP contribution in [-0.2, 0) is 18.0 Å². The third-order valence-electron chi connectivity index (χ3n) is 5.40. The van der Waals surface area contributed by atoms with Gasteiger partial charge in [-0.15, -0.1) is 0 Å². The van der Waals surface area contributed by atoms with E-state index in [1.165, 1.54) is 32.5 Å². The number of aryl methyl sites for hydroxylation is 1. The van der Waals surface area contributed by atoms with E-state index < -0.39 is 23.6 Å². The molecule has 0 saturated carbocycles. The lowest BCUT2D eigenvalue weighted by molar-refractivity contribution is -0.137. The molecule has 2 heterocycles. The first-order valence-corrected chi connectivity index (χ1v) is 10.5. The summed E-state index contributed by atoms with van der Waals surface area (Å²) in [7, 11) is 4.23. The number of pyridine rings is 1. The highest BCUT2D eigenvalue weighted by Crippen LogP contribution is 2.33. The van der Waals surface area contributed by atoms with Crippen molar-refractivity contribution in [3.05, 3.63) is 77.6 Å². The molecule has 0 aliphatic heterocycles. The van der Waals surface area contributed by atoms with Gasteiger partial charge in [0.15, 0.2) is 0 Å². The molecule has 11 heteroatoms. The van der Waals surface area contributed by atoms with Gasteiger partial charge in [0.25, 0.3) is 5.91 Å². The fourth-order valence-corrected chi connectivity index (χ4v) is 3.56. The summed E-state index contributed by atoms with van der Waals surface area (Å²) >= 11 is 0. The number of nitrogens with zero attached hydrogens (tertiary/aromatic N) is 2. The first-order valence-electron chi connectivity index (χ1n) is 10.5. The van der Waals surface area contributed by atoms with E-state index in [4.69, 9.17) is 14.2 Å². The van der Waals surface area contributed by atoms with Crippen LogP contribution in [-0.4, -0.2) is 35.6 Å². The average Bonchev–Trinajstić information content (AvgIpc) is 3.19. The molecular weight excluding hydrogens is 479 g/mol. The minimum Gasteiger partial charge on any atom is -0.496 e. The maximum atomic E-state index is 12.9. The number of rotatable bonds is 6. The van der Waals surface area contributed by atoms with Crippen LogP contribution in [0.1, 0.15) is 26.4 Å². The Morgan fingerprint density at radius 3 is 2.42 bits per heavy atom. The van der Waals surface area contributed by atoms with Crippen LogP contribution in [0.2, 0.25) is 0 Å². The molecule has 1 amide bonds. The number of halogens is 3. The van der Waals surface area contributed by atoms with Gasteiger partial charge in [-0.3, -0.25) is 4.79 Å². The molecule has 0 aliphatic carbocycles. The topological polar surface area (TPSA) is 91.7 Å². The number of nitrogens with one attached hydrogen (secondary N) is 1. The second-order valence-corrected chi connectivity index (χ2v) is 7.65. The zero-order valence-corrected chi connectivity index (χ0v) is 19.3. The van der Waals surface area contributed by atoms with Gasteiger partial charge in [-0.2, -0.15) is 13.2 Å². The lowest BCUT2D eigenvalue weighted by atomic mass is 10.1. The van der Waals surface area contributed by atoms with Crippen LogP contribution in [0.3, 0.4) is 0 Å². The van der Waals surface area contributed by atoms with E-state index in [0.717, 1.165) is 29.1 Å². The number of benzene rings is 2. The lowest BCUT2D eigenvalue weighted by Crippen LogP contribution is -2.14. The molecule has 2 aromatic heterocycles. The Morgan fingerprint density at radius 1 is 1.00 bits per heavy atom. The van der Waals surface area contributed by atoms with Crippen molar-refractivity contribution < 1.29 is 37.0 Å². The standard InChI is InChI=1S/C25H20F3N3O5/c1-31-19-12-17(7-4-14(19)10-20(31)24(33)35-3)36-22-9-6-16(13-29-22)30-23(32)18-8-5-15(25(26,27)28)11-21(18)34-2/h4-13H,1-3H3,(H,30,32). The molecule has 4 aromatic rings. The first kappa shape index (κ1) is 24.6. The van der Waals surface area contributed by atoms with Gasteiger partial charge in [0.1, 0.15) is 17.2 Å². The van der Waals surface area contributed by atoms with Gasteiger partial charge in [-0.25, -0.2) is 9.78 Å². The van der Waals surface area contributed by atoms with Crippen molar-refractivity contribution in [3.63, 3.8) is 0 Å². The van der Waals surface area contributed by atoms with Crippen LogP contribution in [0.4, 0.5) is 18.9 Å². The number of ether oxygens (including phenoxy) is 3. The largest absolute Gasteiger partial charge is 0.496 e. The summed E-state index contributed by atoms with van der Waals surface area (Å²) in [6, 6.07) is 12.7. The SMILES string of the molecule is COC(=O)c1cc2ccc(Oc3ccc(NC(=O)c4ccc(C(F)(F)F)cc4OC)cn3)cc2n1C. The second-order valence-electron chi connectivity index (χ2n) is 7.65.